The van der Waals surface area contributed by atoms with E-state index in [0.29, 0.717) is 12.0 Å². The second-order valence-electron chi connectivity index (χ2n) is 4.77. The molecule has 1 aliphatic heterocycles. The maximum Gasteiger partial charge on any atom is 0.123 e. The molecule has 0 spiro atoms. The van der Waals surface area contributed by atoms with Gasteiger partial charge < -0.3 is 14.8 Å². The summed E-state index contributed by atoms with van der Waals surface area (Å²) in [5, 5.41) is 3.62. The summed E-state index contributed by atoms with van der Waals surface area (Å²) in [5.41, 5.74) is 1.22. The Hall–Kier alpha value is -0.870. The normalized spacial score (nSPS) is 20.3. The molecule has 1 fully saturated rings. The monoisotopic (exact) mass is 281 g/mol. The molecule has 0 aliphatic carbocycles. The Morgan fingerprint density at radius 2 is 2.21 bits per heavy atom. The highest BCUT2D eigenvalue weighted by Crippen LogP contribution is 2.39. The van der Waals surface area contributed by atoms with Gasteiger partial charge in [-0.25, -0.2) is 0 Å². The number of nitrogens with one attached hydrogen (secondary N) is 1. The van der Waals surface area contributed by atoms with Gasteiger partial charge in [-0.15, -0.1) is 0 Å². The zero-order valence-corrected chi connectivity index (χ0v) is 12.8. The molecule has 1 aromatic carbocycles. The lowest BCUT2D eigenvalue weighted by Gasteiger charge is -2.26. The fourth-order valence-corrected chi connectivity index (χ4v) is 3.95. The molecule has 2 unspecified atom stereocenters. The van der Waals surface area contributed by atoms with Gasteiger partial charge >= 0.3 is 0 Å². The molecule has 0 amide bonds. The summed E-state index contributed by atoms with van der Waals surface area (Å²) >= 11 is 2.04. The molecule has 0 radical (unpaired) electrons. The van der Waals surface area contributed by atoms with E-state index in [4.69, 9.17) is 9.47 Å². The topological polar surface area (TPSA) is 30.5 Å². The highest BCUT2D eigenvalue weighted by atomic mass is 32.2. The van der Waals surface area contributed by atoms with Crippen molar-refractivity contribution < 1.29 is 9.47 Å². The Labute approximate surface area is 120 Å². The number of benzene rings is 1. The van der Waals surface area contributed by atoms with Gasteiger partial charge in [-0.2, -0.15) is 11.8 Å². The van der Waals surface area contributed by atoms with Crippen LogP contribution in [0.4, 0.5) is 0 Å². The van der Waals surface area contributed by atoms with E-state index in [1.165, 1.54) is 23.5 Å². The van der Waals surface area contributed by atoms with E-state index in [1.807, 2.05) is 23.9 Å². The van der Waals surface area contributed by atoms with Gasteiger partial charge in [0.25, 0.3) is 0 Å². The zero-order chi connectivity index (χ0) is 13.7. The predicted octanol–water partition coefficient (Wildman–Crippen LogP) is 3.11. The number of methoxy groups -OCH3 is 2. The average molecular weight is 281 g/mol. The van der Waals surface area contributed by atoms with Crippen molar-refractivity contribution in [2.45, 2.75) is 19.4 Å². The van der Waals surface area contributed by atoms with Gasteiger partial charge in [0, 0.05) is 11.6 Å². The molecule has 1 aliphatic rings. The van der Waals surface area contributed by atoms with E-state index in [-0.39, 0.29) is 0 Å². The second-order valence-corrected chi connectivity index (χ2v) is 5.92. The number of ether oxygens (including phenoxy) is 2. The van der Waals surface area contributed by atoms with Gasteiger partial charge in [-0.05, 0) is 48.6 Å². The van der Waals surface area contributed by atoms with Crippen LogP contribution in [0.25, 0.3) is 0 Å². The molecular formula is C15H23NO2S. The molecule has 0 aromatic heterocycles. The van der Waals surface area contributed by atoms with Gasteiger partial charge in [-0.3, -0.25) is 0 Å². The molecule has 0 bridgehead atoms. The number of hydrogen-bond donors (Lipinski definition) is 1. The highest BCUT2D eigenvalue weighted by molar-refractivity contribution is 7.99. The molecular weight excluding hydrogens is 258 g/mol. The van der Waals surface area contributed by atoms with Crippen LogP contribution in [-0.2, 0) is 0 Å². The molecule has 1 saturated heterocycles. The van der Waals surface area contributed by atoms with Gasteiger partial charge in [0.05, 0.1) is 14.2 Å². The average Bonchev–Trinajstić information content (AvgIpc) is 2.98. The summed E-state index contributed by atoms with van der Waals surface area (Å²) in [4.78, 5) is 0. The SMILES string of the molecule is CCNC(c1cc(OC)ccc1OC)C1CCSC1. The van der Waals surface area contributed by atoms with Gasteiger partial charge in [0.2, 0.25) is 0 Å². The van der Waals surface area contributed by atoms with Crippen LogP contribution in [0.15, 0.2) is 18.2 Å². The number of thioether (sulfide) groups is 1. The van der Waals surface area contributed by atoms with Crippen molar-refractivity contribution >= 4 is 11.8 Å². The fourth-order valence-electron chi connectivity index (χ4n) is 2.65. The first-order valence-corrected chi connectivity index (χ1v) is 7.98. The van der Waals surface area contributed by atoms with Crippen molar-refractivity contribution in [2.24, 2.45) is 5.92 Å². The third-order valence-corrected chi connectivity index (χ3v) is 4.82. The summed E-state index contributed by atoms with van der Waals surface area (Å²) < 4.78 is 10.9. The van der Waals surface area contributed by atoms with Gasteiger partial charge in [-0.1, -0.05) is 6.92 Å². The van der Waals surface area contributed by atoms with Crippen molar-refractivity contribution in [3.8, 4) is 11.5 Å². The lowest BCUT2D eigenvalue weighted by atomic mass is 9.91. The van der Waals surface area contributed by atoms with Crippen molar-refractivity contribution in [2.75, 3.05) is 32.3 Å². The van der Waals surface area contributed by atoms with E-state index in [1.54, 1.807) is 14.2 Å². The van der Waals surface area contributed by atoms with E-state index in [9.17, 15) is 0 Å². The molecule has 19 heavy (non-hydrogen) atoms. The minimum absolute atomic E-state index is 0.352. The van der Waals surface area contributed by atoms with Crippen LogP contribution in [0.3, 0.4) is 0 Å². The maximum absolute atomic E-state index is 5.53. The summed E-state index contributed by atoms with van der Waals surface area (Å²) in [6.07, 6.45) is 1.27. The Balaban J connectivity index is 2.32. The number of hydrogen-bond acceptors (Lipinski definition) is 4. The molecule has 0 saturated carbocycles. The van der Waals surface area contributed by atoms with Crippen molar-refractivity contribution in [1.82, 2.24) is 5.32 Å². The largest absolute Gasteiger partial charge is 0.497 e. The lowest BCUT2D eigenvalue weighted by Crippen LogP contribution is -2.28. The summed E-state index contributed by atoms with van der Waals surface area (Å²) in [6.45, 7) is 3.12. The maximum atomic E-state index is 5.53. The molecule has 2 atom stereocenters. The first-order valence-electron chi connectivity index (χ1n) is 6.83. The van der Waals surface area contributed by atoms with Crippen molar-refractivity contribution in [1.29, 1.82) is 0 Å². The van der Waals surface area contributed by atoms with Crippen LogP contribution in [0, 0.1) is 5.92 Å². The van der Waals surface area contributed by atoms with Crippen LogP contribution >= 0.6 is 11.8 Å². The first-order chi connectivity index (χ1) is 9.30. The quantitative estimate of drug-likeness (QED) is 0.868. The second kappa shape index (κ2) is 7.06. The minimum Gasteiger partial charge on any atom is -0.497 e. The smallest absolute Gasteiger partial charge is 0.123 e. The molecule has 3 nitrogen and oxygen atoms in total. The predicted molar refractivity (Wildman–Crippen MR) is 81.4 cm³/mol. The highest BCUT2D eigenvalue weighted by Gasteiger charge is 2.28. The van der Waals surface area contributed by atoms with Crippen LogP contribution in [0.5, 0.6) is 11.5 Å². The van der Waals surface area contributed by atoms with Crippen molar-refractivity contribution in [3.05, 3.63) is 23.8 Å². The Morgan fingerprint density at radius 3 is 2.79 bits per heavy atom. The zero-order valence-electron chi connectivity index (χ0n) is 11.9. The Bertz CT molecular complexity index is 405. The third-order valence-electron chi connectivity index (χ3n) is 3.63. The van der Waals surface area contributed by atoms with E-state index in [2.05, 4.69) is 18.3 Å². The van der Waals surface area contributed by atoms with Crippen LogP contribution in [0.2, 0.25) is 0 Å². The Kier molecular flexibility index (Phi) is 5.40. The first kappa shape index (κ1) is 14.5. The van der Waals surface area contributed by atoms with Gasteiger partial charge in [0.1, 0.15) is 11.5 Å². The van der Waals surface area contributed by atoms with E-state index < -0.39 is 0 Å². The summed E-state index contributed by atoms with van der Waals surface area (Å²) in [7, 11) is 3.44. The van der Waals surface area contributed by atoms with E-state index >= 15 is 0 Å². The van der Waals surface area contributed by atoms with E-state index in [0.717, 1.165) is 18.0 Å². The van der Waals surface area contributed by atoms with Crippen LogP contribution in [0.1, 0.15) is 24.9 Å². The molecule has 4 heteroatoms. The summed E-state index contributed by atoms with van der Waals surface area (Å²) in [5.74, 6) is 5.00. The van der Waals surface area contributed by atoms with Crippen LogP contribution < -0.4 is 14.8 Å². The molecule has 1 N–H and O–H groups in total. The summed E-state index contributed by atoms with van der Waals surface area (Å²) in [6, 6.07) is 6.41. The minimum atomic E-state index is 0.352. The molecule has 1 aromatic rings. The third kappa shape index (κ3) is 3.37. The van der Waals surface area contributed by atoms with Crippen molar-refractivity contribution in [3.63, 3.8) is 0 Å². The standard InChI is InChI=1S/C15H23NO2S/c1-4-16-15(11-7-8-19-10-11)13-9-12(17-2)5-6-14(13)18-3/h5-6,9,11,15-16H,4,7-8,10H2,1-3H3. The Morgan fingerprint density at radius 1 is 1.37 bits per heavy atom. The van der Waals surface area contributed by atoms with Crippen LogP contribution in [-0.4, -0.2) is 32.3 Å². The van der Waals surface area contributed by atoms with Gasteiger partial charge in [0.15, 0.2) is 0 Å². The number of rotatable bonds is 6. The lowest BCUT2D eigenvalue weighted by molar-refractivity contribution is 0.360. The molecule has 106 valence electrons. The molecule has 2 rings (SSSR count). The molecule has 1 heterocycles. The fraction of sp³-hybridized carbons (Fsp3) is 0.600.